The number of aromatic nitrogens is 2. The minimum Gasteiger partial charge on any atom is -0.394 e. The molecule has 1 aliphatic rings. The predicted octanol–water partition coefficient (Wildman–Crippen LogP) is 2.27. The van der Waals surface area contributed by atoms with Gasteiger partial charge in [-0.05, 0) is 31.1 Å². The zero-order chi connectivity index (χ0) is 18.5. The fourth-order valence-corrected chi connectivity index (χ4v) is 3.83. The molecule has 2 aromatic rings. The highest BCUT2D eigenvalue weighted by Gasteiger charge is 2.31. The van der Waals surface area contributed by atoms with Gasteiger partial charge in [0.1, 0.15) is 5.65 Å². The van der Waals surface area contributed by atoms with Crippen molar-refractivity contribution >= 4 is 23.0 Å². The molecule has 0 bridgehead atoms. The summed E-state index contributed by atoms with van der Waals surface area (Å²) in [7, 11) is 0. The van der Waals surface area contributed by atoms with E-state index in [4.69, 9.17) is 0 Å². The van der Waals surface area contributed by atoms with Gasteiger partial charge in [-0.3, -0.25) is 9.69 Å². The molecule has 3 rings (SSSR count). The van der Waals surface area contributed by atoms with Crippen LogP contribution in [0.25, 0.3) is 17.1 Å². The Bertz CT molecular complexity index is 766. The van der Waals surface area contributed by atoms with E-state index in [1.54, 1.807) is 17.2 Å². The summed E-state index contributed by atoms with van der Waals surface area (Å²) >= 11 is 0. The molecule has 3 heterocycles. The molecule has 140 valence electrons. The summed E-state index contributed by atoms with van der Waals surface area (Å²) in [5.74, 6) is -0.0495. The first-order chi connectivity index (χ1) is 12.7. The van der Waals surface area contributed by atoms with E-state index in [0.717, 1.165) is 42.5 Å². The third-order valence-electron chi connectivity index (χ3n) is 5.36. The lowest BCUT2D eigenvalue weighted by molar-refractivity contribution is -0.132. The van der Waals surface area contributed by atoms with Crippen molar-refractivity contribution < 1.29 is 9.90 Å². The summed E-state index contributed by atoms with van der Waals surface area (Å²) in [6.45, 7) is 6.63. The third-order valence-corrected chi connectivity index (χ3v) is 5.36. The van der Waals surface area contributed by atoms with Gasteiger partial charge in [0.05, 0.1) is 12.6 Å². The van der Waals surface area contributed by atoms with Crippen molar-refractivity contribution in [1.82, 2.24) is 19.8 Å². The average molecular weight is 356 g/mol. The van der Waals surface area contributed by atoms with E-state index >= 15 is 0 Å². The maximum absolute atomic E-state index is 12.7. The lowest BCUT2D eigenvalue weighted by atomic mass is 10.1. The number of aliphatic hydroxyl groups is 1. The number of hydrogen-bond acceptors (Lipinski definition) is 4. The molecule has 1 fully saturated rings. The topological polar surface area (TPSA) is 72.5 Å². The van der Waals surface area contributed by atoms with Gasteiger partial charge in [-0.25, -0.2) is 4.98 Å². The molecule has 1 saturated heterocycles. The number of piperazine rings is 1. The van der Waals surface area contributed by atoms with E-state index in [2.05, 4.69) is 28.7 Å². The number of carbonyl (C=O) groups excluding carboxylic acids is 1. The Balaban J connectivity index is 1.69. The Morgan fingerprint density at radius 3 is 2.96 bits per heavy atom. The van der Waals surface area contributed by atoms with Crippen LogP contribution in [0.3, 0.4) is 0 Å². The van der Waals surface area contributed by atoms with Crippen molar-refractivity contribution in [2.24, 2.45) is 0 Å². The quantitative estimate of drug-likeness (QED) is 0.779. The van der Waals surface area contributed by atoms with Gasteiger partial charge in [0.2, 0.25) is 5.91 Å². The molecule has 1 atom stereocenters. The Hall–Kier alpha value is -2.18. The fourth-order valence-electron chi connectivity index (χ4n) is 3.83. The van der Waals surface area contributed by atoms with Gasteiger partial charge in [-0.15, -0.1) is 0 Å². The standard InChI is InChI=1S/C20H28N4O2/c1-3-16(4-2)23-10-11-24(17(13-23)14-25)19(26)8-7-15-12-22-20-18(15)6-5-9-21-20/h5-9,12,16-17,25H,3-4,10-11,13-14H2,1-2H3,(H,21,22)/b8-7+. The Kier molecular flexibility index (Phi) is 6.06. The summed E-state index contributed by atoms with van der Waals surface area (Å²) in [5, 5.41) is 10.8. The lowest BCUT2D eigenvalue weighted by Crippen LogP contribution is -2.58. The molecule has 2 N–H and O–H groups in total. The van der Waals surface area contributed by atoms with E-state index in [1.807, 2.05) is 24.4 Å². The lowest BCUT2D eigenvalue weighted by Gasteiger charge is -2.43. The minimum absolute atomic E-state index is 0.00671. The molecule has 0 saturated carbocycles. The number of nitrogens with zero attached hydrogens (tertiary/aromatic N) is 3. The number of carbonyl (C=O) groups is 1. The van der Waals surface area contributed by atoms with Gasteiger partial charge in [-0.1, -0.05) is 13.8 Å². The van der Waals surface area contributed by atoms with Crippen LogP contribution in [-0.2, 0) is 4.79 Å². The van der Waals surface area contributed by atoms with Gasteiger partial charge in [0, 0.05) is 55.1 Å². The van der Waals surface area contributed by atoms with Crippen molar-refractivity contribution in [3.8, 4) is 0 Å². The number of pyridine rings is 1. The first-order valence-corrected chi connectivity index (χ1v) is 9.43. The van der Waals surface area contributed by atoms with E-state index in [1.165, 1.54) is 0 Å². The Labute approximate surface area is 154 Å². The van der Waals surface area contributed by atoms with Crippen molar-refractivity contribution in [3.05, 3.63) is 36.2 Å². The van der Waals surface area contributed by atoms with Crippen LogP contribution in [0.2, 0.25) is 0 Å². The number of rotatable bonds is 6. The second kappa shape index (κ2) is 8.47. The number of hydrogen-bond donors (Lipinski definition) is 2. The largest absolute Gasteiger partial charge is 0.394 e. The molecular formula is C20H28N4O2. The fraction of sp³-hybridized carbons (Fsp3) is 0.500. The number of fused-ring (bicyclic) bond motifs is 1. The number of H-pyrrole nitrogens is 1. The molecule has 1 aliphatic heterocycles. The van der Waals surface area contributed by atoms with Crippen LogP contribution in [0.4, 0.5) is 0 Å². The second-order valence-corrected chi connectivity index (χ2v) is 6.81. The van der Waals surface area contributed by atoms with Crippen LogP contribution < -0.4 is 0 Å². The average Bonchev–Trinajstić information content (AvgIpc) is 3.10. The van der Waals surface area contributed by atoms with Crippen molar-refractivity contribution in [3.63, 3.8) is 0 Å². The van der Waals surface area contributed by atoms with Crippen LogP contribution in [0.15, 0.2) is 30.6 Å². The molecule has 0 spiro atoms. The minimum atomic E-state index is -0.147. The summed E-state index contributed by atoms with van der Waals surface area (Å²) < 4.78 is 0. The molecule has 6 nitrogen and oxygen atoms in total. The third kappa shape index (κ3) is 3.81. The molecule has 26 heavy (non-hydrogen) atoms. The zero-order valence-corrected chi connectivity index (χ0v) is 15.6. The maximum atomic E-state index is 12.7. The highest BCUT2D eigenvalue weighted by Crippen LogP contribution is 2.19. The van der Waals surface area contributed by atoms with Crippen LogP contribution in [0.1, 0.15) is 32.3 Å². The van der Waals surface area contributed by atoms with Crippen molar-refractivity contribution in [2.75, 3.05) is 26.2 Å². The monoisotopic (exact) mass is 356 g/mol. The molecule has 1 unspecified atom stereocenters. The van der Waals surface area contributed by atoms with Crippen molar-refractivity contribution in [2.45, 2.75) is 38.8 Å². The highest BCUT2D eigenvalue weighted by atomic mass is 16.3. The Morgan fingerprint density at radius 1 is 1.42 bits per heavy atom. The summed E-state index contributed by atoms with van der Waals surface area (Å²) in [5.41, 5.74) is 1.75. The van der Waals surface area contributed by atoms with E-state index in [0.29, 0.717) is 12.6 Å². The van der Waals surface area contributed by atoms with Crippen LogP contribution in [0, 0.1) is 0 Å². The van der Waals surface area contributed by atoms with E-state index < -0.39 is 0 Å². The number of nitrogens with one attached hydrogen (secondary N) is 1. The second-order valence-electron chi connectivity index (χ2n) is 6.81. The highest BCUT2D eigenvalue weighted by molar-refractivity contribution is 5.95. The van der Waals surface area contributed by atoms with E-state index in [9.17, 15) is 9.90 Å². The molecule has 0 aromatic carbocycles. The summed E-state index contributed by atoms with van der Waals surface area (Å²) in [6, 6.07) is 4.24. The van der Waals surface area contributed by atoms with Gasteiger partial charge < -0.3 is 15.0 Å². The first kappa shape index (κ1) is 18.6. The summed E-state index contributed by atoms with van der Waals surface area (Å²) in [4.78, 5) is 24.3. The number of amides is 1. The molecule has 0 radical (unpaired) electrons. The smallest absolute Gasteiger partial charge is 0.246 e. The SMILES string of the molecule is CCC(CC)N1CCN(C(=O)/C=C/c2c[nH]c3ncccc23)C(CO)C1. The molecule has 1 amide bonds. The Morgan fingerprint density at radius 2 is 2.23 bits per heavy atom. The van der Waals surface area contributed by atoms with Crippen LogP contribution in [-0.4, -0.2) is 69.1 Å². The first-order valence-electron chi connectivity index (χ1n) is 9.43. The molecular weight excluding hydrogens is 328 g/mol. The van der Waals surface area contributed by atoms with Crippen LogP contribution >= 0.6 is 0 Å². The number of aromatic amines is 1. The van der Waals surface area contributed by atoms with Crippen molar-refractivity contribution in [1.29, 1.82) is 0 Å². The van der Waals surface area contributed by atoms with Gasteiger partial charge in [0.15, 0.2) is 0 Å². The normalized spacial score (nSPS) is 19.1. The molecule has 6 heteroatoms. The molecule has 0 aliphatic carbocycles. The predicted molar refractivity (Wildman–Crippen MR) is 104 cm³/mol. The van der Waals surface area contributed by atoms with Gasteiger partial charge in [0.25, 0.3) is 0 Å². The molecule has 2 aromatic heterocycles. The van der Waals surface area contributed by atoms with Crippen LogP contribution in [0.5, 0.6) is 0 Å². The van der Waals surface area contributed by atoms with Gasteiger partial charge in [-0.2, -0.15) is 0 Å². The van der Waals surface area contributed by atoms with Gasteiger partial charge >= 0.3 is 0 Å². The van der Waals surface area contributed by atoms with E-state index in [-0.39, 0.29) is 18.6 Å². The summed E-state index contributed by atoms with van der Waals surface area (Å²) in [6.07, 6.45) is 9.21. The number of aliphatic hydroxyl groups excluding tert-OH is 1. The zero-order valence-electron chi connectivity index (χ0n) is 15.6. The maximum Gasteiger partial charge on any atom is 0.246 e.